The first-order valence-electron chi connectivity index (χ1n) is 11.1. The number of aromatic nitrogens is 2. The van der Waals surface area contributed by atoms with Crippen molar-refractivity contribution in [2.45, 2.75) is 13.5 Å². The van der Waals surface area contributed by atoms with E-state index < -0.39 is 0 Å². The molecule has 9 heteroatoms. The molecule has 0 saturated carbocycles. The van der Waals surface area contributed by atoms with Crippen molar-refractivity contribution < 1.29 is 23.7 Å². The second kappa shape index (κ2) is 10.0. The minimum atomic E-state index is -0.380. The fourth-order valence-electron chi connectivity index (χ4n) is 3.44. The van der Waals surface area contributed by atoms with Gasteiger partial charge < -0.3 is 24.3 Å². The maximum absolute atomic E-state index is 12.0. The molecule has 1 amide bonds. The van der Waals surface area contributed by atoms with Gasteiger partial charge >= 0.3 is 6.01 Å². The lowest BCUT2D eigenvalue weighted by Crippen LogP contribution is -2.26. The predicted octanol–water partition coefficient (Wildman–Crippen LogP) is 5.15. The van der Waals surface area contributed by atoms with Crippen LogP contribution >= 0.6 is 0 Å². The van der Waals surface area contributed by atoms with Crippen LogP contribution in [-0.2, 0) is 11.4 Å². The molecule has 0 aliphatic carbocycles. The molecule has 2 heterocycles. The number of carbonyl (C=O) groups is 1. The highest BCUT2D eigenvalue weighted by atomic mass is 16.5. The van der Waals surface area contributed by atoms with Crippen LogP contribution < -0.4 is 24.3 Å². The van der Waals surface area contributed by atoms with Crippen LogP contribution in [-0.4, -0.2) is 22.5 Å². The van der Waals surface area contributed by atoms with Gasteiger partial charge in [-0.3, -0.25) is 4.79 Å². The zero-order chi connectivity index (χ0) is 24.9. The third kappa shape index (κ3) is 5.18. The van der Waals surface area contributed by atoms with E-state index in [4.69, 9.17) is 18.9 Å². The summed E-state index contributed by atoms with van der Waals surface area (Å²) < 4.78 is 23.4. The number of anilines is 1. The summed E-state index contributed by atoms with van der Waals surface area (Å²) in [6.45, 7) is 2.02. The van der Waals surface area contributed by atoms with Gasteiger partial charge in [0.05, 0.1) is 11.6 Å². The van der Waals surface area contributed by atoms with Crippen molar-refractivity contribution in [3.05, 3.63) is 89.5 Å². The lowest BCUT2D eigenvalue weighted by atomic mass is 10.2. The van der Waals surface area contributed by atoms with Crippen LogP contribution in [0.2, 0.25) is 0 Å². The number of ether oxygens (including phenoxy) is 4. The summed E-state index contributed by atoms with van der Waals surface area (Å²) in [7, 11) is 0. The number of nitrogens with zero attached hydrogens (tertiary/aromatic N) is 3. The standard InChI is InChI=1S/C27H20N4O5/c1-17-6-5-9-20(12-17)35-27-30-25-24(29-23(32)16-34-25)26(31-27)36-22-13-19(14-28)10-11-21(22)33-15-18-7-3-2-4-8-18/h2-13H,15-16H2,1H3,(H,29,32). The van der Waals surface area contributed by atoms with E-state index >= 15 is 0 Å². The van der Waals surface area contributed by atoms with Crippen LogP contribution in [0, 0.1) is 18.3 Å². The van der Waals surface area contributed by atoms with Crippen molar-refractivity contribution in [2.24, 2.45) is 0 Å². The second-order valence-electron chi connectivity index (χ2n) is 7.90. The molecule has 0 bridgehead atoms. The molecule has 178 valence electrons. The van der Waals surface area contributed by atoms with E-state index in [0.717, 1.165) is 11.1 Å². The van der Waals surface area contributed by atoms with Gasteiger partial charge in [-0.25, -0.2) is 0 Å². The molecule has 36 heavy (non-hydrogen) atoms. The van der Waals surface area contributed by atoms with E-state index in [2.05, 4.69) is 21.4 Å². The molecule has 1 N–H and O–H groups in total. The number of aryl methyl sites for hydroxylation is 1. The molecule has 3 aromatic carbocycles. The molecule has 0 atom stereocenters. The molecule has 0 radical (unpaired) electrons. The molecular weight excluding hydrogens is 460 g/mol. The summed E-state index contributed by atoms with van der Waals surface area (Å²) in [5.41, 5.74) is 2.47. The molecular formula is C27H20N4O5. The molecule has 1 aliphatic heterocycles. The lowest BCUT2D eigenvalue weighted by molar-refractivity contribution is -0.118. The highest BCUT2D eigenvalue weighted by molar-refractivity contribution is 5.96. The van der Waals surface area contributed by atoms with Gasteiger partial charge in [0.25, 0.3) is 11.8 Å². The average Bonchev–Trinajstić information content (AvgIpc) is 2.89. The zero-order valence-corrected chi connectivity index (χ0v) is 19.2. The van der Waals surface area contributed by atoms with Gasteiger partial charge in [0.1, 0.15) is 12.4 Å². The number of carbonyl (C=O) groups excluding carboxylic acids is 1. The fraction of sp³-hybridized carbons (Fsp3) is 0.111. The summed E-state index contributed by atoms with van der Waals surface area (Å²) in [5, 5.41) is 12.1. The van der Waals surface area contributed by atoms with Crippen LogP contribution in [0.5, 0.6) is 35.0 Å². The topological polar surface area (TPSA) is 116 Å². The highest BCUT2D eigenvalue weighted by Gasteiger charge is 2.26. The lowest BCUT2D eigenvalue weighted by Gasteiger charge is -2.20. The first kappa shape index (κ1) is 22.7. The Bertz CT molecular complexity index is 1470. The highest BCUT2D eigenvalue weighted by Crippen LogP contribution is 2.41. The number of hydrogen-bond acceptors (Lipinski definition) is 8. The Morgan fingerprint density at radius 3 is 2.67 bits per heavy atom. The molecule has 0 fully saturated rings. The van der Waals surface area contributed by atoms with Crippen LogP contribution in [0.25, 0.3) is 0 Å². The minimum absolute atomic E-state index is 0.0182. The number of amides is 1. The Balaban J connectivity index is 1.50. The Kier molecular flexibility index (Phi) is 6.32. The Hall–Kier alpha value is -5.10. The van der Waals surface area contributed by atoms with Crippen molar-refractivity contribution >= 4 is 11.6 Å². The Morgan fingerprint density at radius 2 is 1.86 bits per heavy atom. The normalized spacial score (nSPS) is 11.9. The van der Waals surface area contributed by atoms with E-state index in [-0.39, 0.29) is 48.3 Å². The zero-order valence-electron chi connectivity index (χ0n) is 19.2. The maximum Gasteiger partial charge on any atom is 0.328 e. The van der Waals surface area contributed by atoms with Gasteiger partial charge in [-0.2, -0.15) is 15.2 Å². The van der Waals surface area contributed by atoms with E-state index in [1.54, 1.807) is 18.2 Å². The van der Waals surface area contributed by atoms with Crippen molar-refractivity contribution in [1.29, 1.82) is 5.26 Å². The Morgan fingerprint density at radius 1 is 1.00 bits per heavy atom. The number of rotatable bonds is 7. The summed E-state index contributed by atoms with van der Waals surface area (Å²) in [6, 6.07) is 23.9. The summed E-state index contributed by atoms with van der Waals surface area (Å²) >= 11 is 0. The third-order valence-corrected chi connectivity index (χ3v) is 5.14. The third-order valence-electron chi connectivity index (χ3n) is 5.14. The van der Waals surface area contributed by atoms with Crippen molar-refractivity contribution in [1.82, 2.24) is 9.97 Å². The summed E-state index contributed by atoms with van der Waals surface area (Å²) in [5.74, 6) is 0.844. The molecule has 0 saturated heterocycles. The van der Waals surface area contributed by atoms with Crippen molar-refractivity contribution in [2.75, 3.05) is 11.9 Å². The molecule has 4 aromatic rings. The van der Waals surface area contributed by atoms with Gasteiger partial charge in [-0.05, 0) is 42.3 Å². The van der Waals surface area contributed by atoms with Gasteiger partial charge in [0, 0.05) is 6.07 Å². The number of benzene rings is 3. The van der Waals surface area contributed by atoms with Gasteiger partial charge in [0.2, 0.25) is 5.88 Å². The number of fused-ring (bicyclic) bond motifs is 1. The van der Waals surface area contributed by atoms with Crippen molar-refractivity contribution in [3.8, 4) is 41.1 Å². The van der Waals surface area contributed by atoms with Crippen LogP contribution in [0.4, 0.5) is 5.69 Å². The van der Waals surface area contributed by atoms with E-state index in [1.165, 1.54) is 6.07 Å². The monoisotopic (exact) mass is 480 g/mol. The van der Waals surface area contributed by atoms with E-state index in [9.17, 15) is 10.1 Å². The predicted molar refractivity (Wildman–Crippen MR) is 129 cm³/mol. The van der Waals surface area contributed by atoms with Gasteiger partial charge in [-0.15, -0.1) is 0 Å². The first-order chi connectivity index (χ1) is 17.6. The minimum Gasteiger partial charge on any atom is -0.485 e. The second-order valence-corrected chi connectivity index (χ2v) is 7.90. The molecule has 0 unspecified atom stereocenters. The van der Waals surface area contributed by atoms with Gasteiger partial charge in [0.15, 0.2) is 23.8 Å². The number of nitrogens with one attached hydrogen (secondary N) is 1. The maximum atomic E-state index is 12.0. The molecule has 0 spiro atoms. The van der Waals surface area contributed by atoms with E-state index in [0.29, 0.717) is 17.1 Å². The largest absolute Gasteiger partial charge is 0.485 e. The molecule has 1 aromatic heterocycles. The van der Waals surface area contributed by atoms with Crippen LogP contribution in [0.3, 0.4) is 0 Å². The molecule has 9 nitrogen and oxygen atoms in total. The average molecular weight is 480 g/mol. The quantitative estimate of drug-likeness (QED) is 0.386. The molecule has 1 aliphatic rings. The number of nitriles is 1. The smallest absolute Gasteiger partial charge is 0.328 e. The SMILES string of the molecule is Cc1cccc(Oc2nc3c(c(Oc4cc(C#N)ccc4OCc4ccccc4)n2)NC(=O)CO3)c1. The number of hydrogen-bond donors (Lipinski definition) is 1. The Labute approximate surface area is 206 Å². The van der Waals surface area contributed by atoms with Crippen LogP contribution in [0.1, 0.15) is 16.7 Å². The molecule has 5 rings (SSSR count). The fourth-order valence-corrected chi connectivity index (χ4v) is 3.44. The summed E-state index contributed by atoms with van der Waals surface area (Å²) in [4.78, 5) is 20.7. The summed E-state index contributed by atoms with van der Waals surface area (Å²) in [6.07, 6.45) is 0. The van der Waals surface area contributed by atoms with Gasteiger partial charge in [-0.1, -0.05) is 42.5 Å². The first-order valence-corrected chi connectivity index (χ1v) is 11.1. The van der Waals surface area contributed by atoms with Crippen molar-refractivity contribution in [3.63, 3.8) is 0 Å². The van der Waals surface area contributed by atoms with Crippen LogP contribution in [0.15, 0.2) is 72.8 Å². The van der Waals surface area contributed by atoms with E-state index in [1.807, 2.05) is 55.5 Å².